The maximum absolute atomic E-state index is 11.7. The Morgan fingerprint density at radius 3 is 1.15 bits per heavy atom. The Bertz CT molecular complexity index is 222. The number of rotatable bonds is 23. The molecule has 0 aliphatic carbocycles. The summed E-state index contributed by atoms with van der Waals surface area (Å²) >= 11 is 0. The molecule has 0 aromatic carbocycles. The van der Waals surface area contributed by atoms with E-state index in [0.29, 0.717) is 66.1 Å². The molecule has 0 rings (SSSR count). The zero-order chi connectivity index (χ0) is 19.0. The molecule has 0 N–H and O–H groups in total. The van der Waals surface area contributed by atoms with E-state index in [9.17, 15) is 4.39 Å². The minimum absolute atomic E-state index is 0.132. The van der Waals surface area contributed by atoms with Gasteiger partial charge in [-0.05, 0) is 6.42 Å². The van der Waals surface area contributed by atoms with Gasteiger partial charge in [0.25, 0.3) is 0 Å². The van der Waals surface area contributed by atoms with E-state index in [1.54, 1.807) is 0 Å². The van der Waals surface area contributed by atoms with Crippen LogP contribution in [-0.4, -0.2) is 86.0 Å². The summed E-state index contributed by atoms with van der Waals surface area (Å²) in [4.78, 5) is 0. The van der Waals surface area contributed by atoms with Crippen LogP contribution in [0.2, 0.25) is 0 Å². The van der Waals surface area contributed by atoms with Crippen molar-refractivity contribution in [2.75, 3.05) is 86.0 Å². The summed E-state index contributed by atoms with van der Waals surface area (Å²) in [6.07, 6.45) is 6.30. The average molecular weight is 383 g/mol. The Kier molecular flexibility index (Phi) is 24.4. The van der Waals surface area contributed by atoms with Gasteiger partial charge in [0, 0.05) is 6.61 Å². The normalized spacial score (nSPS) is 11.3. The molecular weight excluding hydrogens is 343 g/mol. The molecule has 0 aliphatic heterocycles. The molecule has 0 aromatic rings. The van der Waals surface area contributed by atoms with Crippen molar-refractivity contribution in [2.45, 2.75) is 39.0 Å². The standard InChI is InChI=1S/C19H39FO6/c1-2-3-4-5-6-8-21-10-12-23-14-16-25-18-19-26-17-15-24-13-11-22-9-7-20/h2-19H2,1H3. The van der Waals surface area contributed by atoms with Crippen LogP contribution >= 0.6 is 0 Å². The number of hydrogen-bond donors (Lipinski definition) is 0. The predicted octanol–water partition coefficient (Wildman–Crippen LogP) is 3.03. The molecule has 0 saturated carbocycles. The van der Waals surface area contributed by atoms with E-state index in [1.165, 1.54) is 25.7 Å². The lowest BCUT2D eigenvalue weighted by molar-refractivity contribution is -0.0172. The van der Waals surface area contributed by atoms with Gasteiger partial charge in [0.2, 0.25) is 0 Å². The fraction of sp³-hybridized carbons (Fsp3) is 1.00. The Labute approximate surface area is 158 Å². The largest absolute Gasteiger partial charge is 0.379 e. The zero-order valence-electron chi connectivity index (χ0n) is 16.6. The van der Waals surface area contributed by atoms with E-state index in [1.807, 2.05) is 0 Å². The second kappa shape index (κ2) is 24.7. The smallest absolute Gasteiger partial charge is 0.113 e. The van der Waals surface area contributed by atoms with Crippen LogP contribution in [0.5, 0.6) is 0 Å². The van der Waals surface area contributed by atoms with Crippen molar-refractivity contribution in [1.82, 2.24) is 0 Å². The number of ether oxygens (including phenoxy) is 6. The van der Waals surface area contributed by atoms with E-state index in [-0.39, 0.29) is 6.61 Å². The highest BCUT2D eigenvalue weighted by atomic mass is 19.1. The number of unbranched alkanes of at least 4 members (excludes halogenated alkanes) is 4. The van der Waals surface area contributed by atoms with E-state index in [0.717, 1.165) is 13.0 Å². The van der Waals surface area contributed by atoms with Gasteiger partial charge in [-0.15, -0.1) is 0 Å². The quantitative estimate of drug-likeness (QED) is 0.253. The van der Waals surface area contributed by atoms with E-state index >= 15 is 0 Å². The zero-order valence-corrected chi connectivity index (χ0v) is 16.6. The Morgan fingerprint density at radius 2 is 0.769 bits per heavy atom. The first kappa shape index (κ1) is 25.7. The number of alkyl halides is 1. The Morgan fingerprint density at radius 1 is 0.423 bits per heavy atom. The molecular formula is C19H39FO6. The molecule has 0 bridgehead atoms. The van der Waals surface area contributed by atoms with Crippen LogP contribution in [-0.2, 0) is 28.4 Å². The highest BCUT2D eigenvalue weighted by Gasteiger charge is 1.94. The number of halogens is 1. The molecule has 0 spiro atoms. The lowest BCUT2D eigenvalue weighted by Gasteiger charge is -2.08. The number of hydrogen-bond acceptors (Lipinski definition) is 6. The average Bonchev–Trinajstić information content (AvgIpc) is 2.66. The molecule has 0 saturated heterocycles. The minimum Gasteiger partial charge on any atom is -0.379 e. The van der Waals surface area contributed by atoms with Crippen LogP contribution in [0.15, 0.2) is 0 Å². The van der Waals surface area contributed by atoms with E-state index in [2.05, 4.69) is 6.92 Å². The monoisotopic (exact) mass is 382 g/mol. The van der Waals surface area contributed by atoms with Crippen molar-refractivity contribution in [3.63, 3.8) is 0 Å². The summed E-state index contributed by atoms with van der Waals surface area (Å²) in [5, 5.41) is 0. The van der Waals surface area contributed by atoms with E-state index < -0.39 is 6.67 Å². The van der Waals surface area contributed by atoms with Crippen molar-refractivity contribution >= 4 is 0 Å². The van der Waals surface area contributed by atoms with Crippen molar-refractivity contribution < 1.29 is 32.8 Å². The van der Waals surface area contributed by atoms with Gasteiger partial charge in [0.1, 0.15) is 6.67 Å². The Hall–Kier alpha value is -0.310. The summed E-state index contributed by atoms with van der Waals surface area (Å²) in [5.74, 6) is 0. The van der Waals surface area contributed by atoms with Gasteiger partial charge >= 0.3 is 0 Å². The third-order valence-corrected chi connectivity index (χ3v) is 3.47. The summed E-state index contributed by atoms with van der Waals surface area (Å²) < 4.78 is 43.6. The second-order valence-electron chi connectivity index (χ2n) is 5.78. The van der Waals surface area contributed by atoms with Crippen LogP contribution in [0, 0.1) is 0 Å². The summed E-state index contributed by atoms with van der Waals surface area (Å²) in [6.45, 7) is 8.07. The molecule has 0 unspecified atom stereocenters. The van der Waals surface area contributed by atoms with Crippen molar-refractivity contribution in [3.8, 4) is 0 Å². The molecule has 0 radical (unpaired) electrons. The first-order valence-corrected chi connectivity index (χ1v) is 9.94. The molecule has 7 heteroatoms. The minimum atomic E-state index is -0.457. The van der Waals surface area contributed by atoms with Gasteiger partial charge in [-0.2, -0.15) is 0 Å². The maximum atomic E-state index is 11.7. The van der Waals surface area contributed by atoms with Crippen LogP contribution in [0.4, 0.5) is 4.39 Å². The summed E-state index contributed by atoms with van der Waals surface area (Å²) in [6, 6.07) is 0. The molecule has 6 nitrogen and oxygen atoms in total. The first-order valence-electron chi connectivity index (χ1n) is 9.94. The van der Waals surface area contributed by atoms with E-state index in [4.69, 9.17) is 28.4 Å². The van der Waals surface area contributed by atoms with Gasteiger partial charge in [-0.25, -0.2) is 4.39 Å². The molecule has 0 aromatic heterocycles. The SMILES string of the molecule is CCCCCCCOCCOCCOCCOCCOCCOCCF. The lowest BCUT2D eigenvalue weighted by Crippen LogP contribution is -2.14. The van der Waals surface area contributed by atoms with Gasteiger partial charge in [0.05, 0.1) is 72.7 Å². The Balaban J connectivity index is 2.95. The van der Waals surface area contributed by atoms with Gasteiger partial charge < -0.3 is 28.4 Å². The molecule has 26 heavy (non-hydrogen) atoms. The lowest BCUT2D eigenvalue weighted by atomic mass is 10.2. The third-order valence-electron chi connectivity index (χ3n) is 3.47. The fourth-order valence-electron chi connectivity index (χ4n) is 2.06. The summed E-state index contributed by atoms with van der Waals surface area (Å²) in [7, 11) is 0. The van der Waals surface area contributed by atoms with Crippen molar-refractivity contribution in [1.29, 1.82) is 0 Å². The molecule has 0 heterocycles. The van der Waals surface area contributed by atoms with Gasteiger partial charge in [-0.3, -0.25) is 0 Å². The van der Waals surface area contributed by atoms with Crippen LogP contribution in [0.1, 0.15) is 39.0 Å². The molecule has 0 fully saturated rings. The van der Waals surface area contributed by atoms with Gasteiger partial charge in [0.15, 0.2) is 0 Å². The van der Waals surface area contributed by atoms with Crippen LogP contribution < -0.4 is 0 Å². The first-order chi connectivity index (χ1) is 12.9. The fourth-order valence-corrected chi connectivity index (χ4v) is 2.06. The topological polar surface area (TPSA) is 55.4 Å². The highest BCUT2D eigenvalue weighted by Crippen LogP contribution is 2.02. The third kappa shape index (κ3) is 23.7. The highest BCUT2D eigenvalue weighted by molar-refractivity contribution is 4.42. The van der Waals surface area contributed by atoms with Crippen molar-refractivity contribution in [2.24, 2.45) is 0 Å². The van der Waals surface area contributed by atoms with Crippen LogP contribution in [0.3, 0.4) is 0 Å². The molecule has 0 aliphatic rings. The molecule has 158 valence electrons. The van der Waals surface area contributed by atoms with Gasteiger partial charge in [-0.1, -0.05) is 32.6 Å². The summed E-state index contributed by atoms with van der Waals surface area (Å²) in [5.41, 5.74) is 0. The van der Waals surface area contributed by atoms with Crippen LogP contribution in [0.25, 0.3) is 0 Å². The molecule has 0 atom stereocenters. The molecule has 0 amide bonds. The van der Waals surface area contributed by atoms with Crippen molar-refractivity contribution in [3.05, 3.63) is 0 Å². The predicted molar refractivity (Wildman–Crippen MR) is 99.6 cm³/mol. The maximum Gasteiger partial charge on any atom is 0.113 e. The second-order valence-corrected chi connectivity index (χ2v) is 5.78.